The third-order valence-electron chi connectivity index (χ3n) is 6.27. The van der Waals surface area contributed by atoms with Crippen LogP contribution in [0.2, 0.25) is 0 Å². The van der Waals surface area contributed by atoms with Crippen molar-refractivity contribution in [2.24, 2.45) is 0 Å². The molecule has 0 unspecified atom stereocenters. The minimum atomic E-state index is 0.0665. The fraction of sp³-hybridized carbons (Fsp3) is 0.333. The third kappa shape index (κ3) is 2.80. The first-order chi connectivity index (χ1) is 14.2. The molecule has 0 spiro atoms. The molecule has 5 rings (SSSR count). The first-order valence-electron chi connectivity index (χ1n) is 10.5. The Morgan fingerprint density at radius 1 is 1.00 bits per heavy atom. The first kappa shape index (κ1) is 18.1. The zero-order valence-corrected chi connectivity index (χ0v) is 17.1. The summed E-state index contributed by atoms with van der Waals surface area (Å²) in [7, 11) is 0. The fourth-order valence-electron chi connectivity index (χ4n) is 4.68. The number of hydrogen-bond acceptors (Lipinski definition) is 3. The van der Waals surface area contributed by atoms with E-state index in [-0.39, 0.29) is 5.56 Å². The maximum atomic E-state index is 13.2. The highest BCUT2D eigenvalue weighted by Gasteiger charge is 2.27. The van der Waals surface area contributed by atoms with Crippen LogP contribution in [-0.4, -0.2) is 38.7 Å². The Bertz CT molecular complexity index is 1260. The number of aromatic nitrogens is 3. The molecule has 0 bridgehead atoms. The zero-order valence-electron chi connectivity index (χ0n) is 17.1. The third-order valence-corrected chi connectivity index (χ3v) is 6.27. The highest BCUT2D eigenvalue weighted by Crippen LogP contribution is 2.36. The van der Waals surface area contributed by atoms with Gasteiger partial charge in [-0.25, -0.2) is 4.98 Å². The van der Waals surface area contributed by atoms with E-state index in [9.17, 15) is 4.79 Å². The van der Waals surface area contributed by atoms with Gasteiger partial charge in [0.2, 0.25) is 0 Å². The number of hydrogen-bond donors (Lipinski definition) is 0. The van der Waals surface area contributed by atoms with E-state index in [4.69, 9.17) is 4.98 Å². The second-order valence-corrected chi connectivity index (χ2v) is 7.68. The summed E-state index contributed by atoms with van der Waals surface area (Å²) in [6, 6.07) is 16.3. The SMILES string of the molecule is CCN(CC)CCn1c2c(c3ccccc31)CCn1c-2nc2ccccc2c1=O. The number of nitrogens with zero attached hydrogens (tertiary/aromatic N) is 4. The van der Waals surface area contributed by atoms with Gasteiger partial charge in [0.1, 0.15) is 0 Å². The molecule has 0 radical (unpaired) electrons. The molecule has 0 aliphatic carbocycles. The molecule has 1 aliphatic heterocycles. The molecule has 0 amide bonds. The van der Waals surface area contributed by atoms with Crippen molar-refractivity contribution >= 4 is 21.8 Å². The monoisotopic (exact) mass is 386 g/mol. The van der Waals surface area contributed by atoms with Gasteiger partial charge in [-0.2, -0.15) is 0 Å². The molecule has 5 nitrogen and oxygen atoms in total. The second kappa shape index (κ2) is 7.16. The van der Waals surface area contributed by atoms with Crippen LogP contribution in [0.15, 0.2) is 53.3 Å². The Kier molecular flexibility index (Phi) is 4.47. The van der Waals surface area contributed by atoms with Crippen LogP contribution in [0.1, 0.15) is 19.4 Å². The average molecular weight is 386 g/mol. The lowest BCUT2D eigenvalue weighted by Gasteiger charge is -2.23. The van der Waals surface area contributed by atoms with E-state index < -0.39 is 0 Å². The van der Waals surface area contributed by atoms with E-state index in [0.717, 1.165) is 49.6 Å². The molecule has 148 valence electrons. The predicted octanol–water partition coefficient (Wildman–Crippen LogP) is 3.92. The van der Waals surface area contributed by atoms with Gasteiger partial charge in [0.05, 0.1) is 16.6 Å². The fourth-order valence-corrected chi connectivity index (χ4v) is 4.68. The molecule has 0 N–H and O–H groups in total. The Hall–Kier alpha value is -2.92. The number of benzene rings is 2. The summed E-state index contributed by atoms with van der Waals surface area (Å²) in [5, 5.41) is 1.99. The second-order valence-electron chi connectivity index (χ2n) is 7.68. The maximum absolute atomic E-state index is 13.2. The van der Waals surface area contributed by atoms with Crippen LogP contribution < -0.4 is 5.56 Å². The van der Waals surface area contributed by atoms with Gasteiger partial charge in [0, 0.05) is 30.5 Å². The van der Waals surface area contributed by atoms with Gasteiger partial charge in [-0.15, -0.1) is 0 Å². The number of aryl methyl sites for hydroxylation is 1. The van der Waals surface area contributed by atoms with E-state index in [1.165, 1.54) is 16.5 Å². The van der Waals surface area contributed by atoms with Gasteiger partial charge in [0.25, 0.3) is 5.56 Å². The molecule has 2 aromatic carbocycles. The van der Waals surface area contributed by atoms with Gasteiger partial charge < -0.3 is 9.47 Å². The topological polar surface area (TPSA) is 43.1 Å². The van der Waals surface area contributed by atoms with Crippen LogP contribution in [0.25, 0.3) is 33.3 Å². The lowest BCUT2D eigenvalue weighted by atomic mass is 10.0. The van der Waals surface area contributed by atoms with Crippen LogP contribution in [-0.2, 0) is 19.5 Å². The van der Waals surface area contributed by atoms with Gasteiger partial charge in [-0.3, -0.25) is 9.36 Å². The zero-order chi connectivity index (χ0) is 20.0. The Labute approximate surface area is 170 Å². The molecular formula is C24H26N4O. The van der Waals surface area contributed by atoms with Crippen molar-refractivity contribution in [3.63, 3.8) is 0 Å². The molecule has 5 heteroatoms. The van der Waals surface area contributed by atoms with E-state index >= 15 is 0 Å². The summed E-state index contributed by atoms with van der Waals surface area (Å²) in [5.41, 5.74) is 4.52. The Balaban J connectivity index is 1.76. The minimum absolute atomic E-state index is 0.0665. The van der Waals surface area contributed by atoms with E-state index in [2.05, 4.69) is 47.6 Å². The predicted molar refractivity (Wildman–Crippen MR) is 118 cm³/mol. The first-order valence-corrected chi connectivity index (χ1v) is 10.5. The molecule has 29 heavy (non-hydrogen) atoms. The highest BCUT2D eigenvalue weighted by atomic mass is 16.1. The molecule has 0 saturated heterocycles. The molecule has 0 atom stereocenters. The largest absolute Gasteiger partial charge is 0.336 e. The number of para-hydroxylation sites is 2. The van der Waals surface area contributed by atoms with Crippen LogP contribution >= 0.6 is 0 Å². The standard InChI is InChI=1S/C24H26N4O/c1-3-26(4-2)15-16-27-21-12-8-6-9-17(21)18-13-14-28-23(22(18)27)25-20-11-7-5-10-19(20)24(28)29/h5-12H,3-4,13-16H2,1-2H3. The van der Waals surface area contributed by atoms with Crippen molar-refractivity contribution in [2.75, 3.05) is 19.6 Å². The summed E-state index contributed by atoms with van der Waals surface area (Å²) >= 11 is 0. The minimum Gasteiger partial charge on any atom is -0.336 e. The molecule has 3 heterocycles. The van der Waals surface area contributed by atoms with Crippen LogP contribution in [0.4, 0.5) is 0 Å². The van der Waals surface area contributed by atoms with Crippen molar-refractivity contribution in [1.82, 2.24) is 19.0 Å². The van der Waals surface area contributed by atoms with E-state index in [1.54, 1.807) is 0 Å². The normalized spacial score (nSPS) is 13.2. The Morgan fingerprint density at radius 3 is 2.52 bits per heavy atom. The van der Waals surface area contributed by atoms with Crippen molar-refractivity contribution in [1.29, 1.82) is 0 Å². The summed E-state index contributed by atoms with van der Waals surface area (Å²) in [5.74, 6) is 0.811. The summed E-state index contributed by atoms with van der Waals surface area (Å²) in [6.45, 7) is 9.04. The molecule has 1 aliphatic rings. The van der Waals surface area contributed by atoms with Crippen LogP contribution in [0.3, 0.4) is 0 Å². The quantitative estimate of drug-likeness (QED) is 0.522. The number of likely N-dealkylation sites (N-methyl/N-ethyl adjacent to an activating group) is 1. The highest BCUT2D eigenvalue weighted by molar-refractivity contribution is 5.92. The van der Waals surface area contributed by atoms with Crippen molar-refractivity contribution in [3.8, 4) is 11.5 Å². The molecule has 0 saturated carbocycles. The van der Waals surface area contributed by atoms with Crippen molar-refractivity contribution < 1.29 is 0 Å². The Morgan fingerprint density at radius 2 is 1.72 bits per heavy atom. The maximum Gasteiger partial charge on any atom is 0.261 e. The smallest absolute Gasteiger partial charge is 0.261 e. The lowest BCUT2D eigenvalue weighted by Crippen LogP contribution is -2.30. The molecule has 4 aromatic rings. The number of fused-ring (bicyclic) bond motifs is 6. The van der Waals surface area contributed by atoms with Gasteiger partial charge in [-0.05, 0) is 43.3 Å². The van der Waals surface area contributed by atoms with E-state index in [0.29, 0.717) is 11.9 Å². The summed E-state index contributed by atoms with van der Waals surface area (Å²) < 4.78 is 4.26. The van der Waals surface area contributed by atoms with Crippen LogP contribution in [0, 0.1) is 0 Å². The van der Waals surface area contributed by atoms with Gasteiger partial charge in [-0.1, -0.05) is 44.2 Å². The molecule has 2 aromatic heterocycles. The van der Waals surface area contributed by atoms with Crippen LogP contribution in [0.5, 0.6) is 0 Å². The van der Waals surface area contributed by atoms with Crippen molar-refractivity contribution in [2.45, 2.75) is 33.4 Å². The molecular weight excluding hydrogens is 360 g/mol. The van der Waals surface area contributed by atoms with Gasteiger partial charge >= 0.3 is 0 Å². The summed E-state index contributed by atoms with van der Waals surface area (Å²) in [4.78, 5) is 20.6. The number of rotatable bonds is 5. The summed E-state index contributed by atoms with van der Waals surface area (Å²) in [6.07, 6.45) is 0.862. The van der Waals surface area contributed by atoms with Crippen molar-refractivity contribution in [3.05, 3.63) is 64.4 Å². The molecule has 0 fully saturated rings. The van der Waals surface area contributed by atoms with E-state index in [1.807, 2.05) is 28.8 Å². The average Bonchev–Trinajstić information content (AvgIpc) is 3.09. The lowest BCUT2D eigenvalue weighted by molar-refractivity contribution is 0.292. The van der Waals surface area contributed by atoms with Gasteiger partial charge in [0.15, 0.2) is 5.82 Å².